The first-order valence-corrected chi connectivity index (χ1v) is 9.16. The highest BCUT2D eigenvalue weighted by atomic mass is 32.1. The van der Waals surface area contributed by atoms with Crippen LogP contribution in [0.3, 0.4) is 0 Å². The van der Waals surface area contributed by atoms with Crippen LogP contribution in [0.5, 0.6) is 0 Å². The lowest BCUT2D eigenvalue weighted by Crippen LogP contribution is -2.46. The van der Waals surface area contributed by atoms with Crippen LogP contribution in [0.25, 0.3) is 0 Å². The number of thiophene rings is 1. The number of anilines is 1. The molecule has 0 aromatic carbocycles. The van der Waals surface area contributed by atoms with Gasteiger partial charge in [-0.1, -0.05) is 6.07 Å². The van der Waals surface area contributed by atoms with E-state index in [4.69, 9.17) is 4.74 Å². The molecular weight excluding hydrogens is 324 g/mol. The van der Waals surface area contributed by atoms with Crippen LogP contribution in [-0.2, 0) is 16.1 Å². The summed E-state index contributed by atoms with van der Waals surface area (Å²) in [5, 5.41) is 4.91. The minimum atomic E-state index is -0.394. The minimum absolute atomic E-state index is 0.120. The molecule has 1 N–H and O–H groups in total. The zero-order chi connectivity index (χ0) is 16.4. The lowest BCUT2D eigenvalue weighted by Gasteiger charge is -2.35. The minimum Gasteiger partial charge on any atom is -0.363 e. The molecule has 7 heteroatoms. The molecule has 0 spiro atoms. The Balaban J connectivity index is 1.34. The number of fused-ring (bicyclic) bond motifs is 1. The number of likely N-dealkylation sites (tertiary alicyclic amines) is 1. The van der Waals surface area contributed by atoms with Gasteiger partial charge in [0.25, 0.3) is 5.91 Å². The monoisotopic (exact) mass is 344 g/mol. The number of nitrogens with zero attached hydrogens (tertiary/aromatic N) is 3. The van der Waals surface area contributed by atoms with Crippen LogP contribution in [0.2, 0.25) is 0 Å². The fourth-order valence-corrected chi connectivity index (χ4v) is 4.31. The summed E-state index contributed by atoms with van der Waals surface area (Å²) in [4.78, 5) is 24.3. The summed E-state index contributed by atoms with van der Waals surface area (Å²) in [6.07, 6.45) is 7.17. The van der Waals surface area contributed by atoms with Crippen molar-refractivity contribution >= 4 is 23.1 Å². The number of carbonyl (C=O) groups excluding carboxylic acids is 1. The topological polar surface area (TPSA) is 67.4 Å². The van der Waals surface area contributed by atoms with Crippen molar-refractivity contribution in [2.75, 3.05) is 11.9 Å². The smallest absolute Gasteiger partial charge is 0.254 e. The molecule has 2 aliphatic heterocycles. The van der Waals surface area contributed by atoms with Gasteiger partial charge in [0.1, 0.15) is 6.10 Å². The number of ether oxygens (including phenoxy) is 1. The fraction of sp³-hybridized carbons (Fsp3) is 0.471. The Morgan fingerprint density at radius 3 is 3.12 bits per heavy atom. The van der Waals surface area contributed by atoms with Gasteiger partial charge in [-0.3, -0.25) is 14.7 Å². The lowest BCUT2D eigenvalue weighted by molar-refractivity contribution is -0.138. The molecule has 2 aromatic heterocycles. The third-order valence-corrected chi connectivity index (χ3v) is 5.57. The van der Waals surface area contributed by atoms with Crippen molar-refractivity contribution in [1.82, 2.24) is 14.9 Å². The Morgan fingerprint density at radius 1 is 1.38 bits per heavy atom. The Kier molecular flexibility index (Phi) is 4.55. The fourth-order valence-electron chi connectivity index (χ4n) is 3.58. The summed E-state index contributed by atoms with van der Waals surface area (Å²) < 4.78 is 6.10. The van der Waals surface area contributed by atoms with E-state index < -0.39 is 6.10 Å². The summed E-state index contributed by atoms with van der Waals surface area (Å²) in [7, 11) is 0. The third-order valence-electron chi connectivity index (χ3n) is 4.71. The van der Waals surface area contributed by atoms with Gasteiger partial charge in [0.05, 0.1) is 12.3 Å². The molecule has 126 valence electrons. The van der Waals surface area contributed by atoms with E-state index >= 15 is 0 Å². The number of carbonyl (C=O) groups is 1. The van der Waals surface area contributed by atoms with E-state index in [1.807, 2.05) is 0 Å². The zero-order valence-electron chi connectivity index (χ0n) is 13.3. The summed E-state index contributed by atoms with van der Waals surface area (Å²) in [6.45, 7) is 2.02. The number of hydrogen-bond acceptors (Lipinski definition) is 6. The molecule has 1 amide bonds. The Morgan fingerprint density at radius 2 is 2.33 bits per heavy atom. The number of aromatic nitrogens is 2. The number of hydrogen-bond donors (Lipinski definition) is 1. The molecule has 0 unspecified atom stereocenters. The summed E-state index contributed by atoms with van der Waals surface area (Å²) >= 11 is 1.80. The second kappa shape index (κ2) is 6.96. The maximum Gasteiger partial charge on any atom is 0.254 e. The maximum atomic E-state index is 12.4. The van der Waals surface area contributed by atoms with Gasteiger partial charge in [0, 0.05) is 36.4 Å². The molecule has 3 atom stereocenters. The van der Waals surface area contributed by atoms with Crippen LogP contribution >= 0.6 is 11.3 Å². The summed E-state index contributed by atoms with van der Waals surface area (Å²) in [5.41, 5.74) is 0. The SMILES string of the molecule is O=C(Nc1cnccn1)[C@@H]1CC[C@@H]2[C@@H](CCN2Cc2cccs2)O1. The van der Waals surface area contributed by atoms with Crippen molar-refractivity contribution in [2.45, 2.75) is 44.1 Å². The molecular formula is C17H20N4O2S. The standard InChI is InChI=1S/C17H20N4O2S/c22-17(20-16-10-18-6-7-19-16)15-4-3-13-14(23-15)5-8-21(13)11-12-2-1-9-24-12/h1-2,6-7,9-10,13-15H,3-5,8,11H2,(H,19,20,22)/t13-,14-,15+/m1/s1. The summed E-state index contributed by atoms with van der Waals surface area (Å²) in [6, 6.07) is 4.70. The van der Waals surface area contributed by atoms with E-state index in [0.717, 1.165) is 32.4 Å². The Labute approximate surface area is 144 Å². The van der Waals surface area contributed by atoms with Crippen molar-refractivity contribution in [3.63, 3.8) is 0 Å². The van der Waals surface area contributed by atoms with E-state index in [1.165, 1.54) is 4.88 Å². The largest absolute Gasteiger partial charge is 0.363 e. The Hall–Kier alpha value is -1.83. The van der Waals surface area contributed by atoms with Crippen molar-refractivity contribution < 1.29 is 9.53 Å². The van der Waals surface area contributed by atoms with Crippen molar-refractivity contribution in [3.8, 4) is 0 Å². The normalized spacial score (nSPS) is 26.9. The van der Waals surface area contributed by atoms with Gasteiger partial charge < -0.3 is 10.1 Å². The lowest BCUT2D eigenvalue weighted by atomic mass is 9.98. The van der Waals surface area contributed by atoms with Gasteiger partial charge in [-0.05, 0) is 30.7 Å². The van der Waals surface area contributed by atoms with E-state index in [9.17, 15) is 4.79 Å². The predicted molar refractivity (Wildman–Crippen MR) is 91.7 cm³/mol. The first-order chi connectivity index (χ1) is 11.8. The Bertz CT molecular complexity index is 679. The highest BCUT2D eigenvalue weighted by Crippen LogP contribution is 2.33. The number of rotatable bonds is 4. The highest BCUT2D eigenvalue weighted by molar-refractivity contribution is 7.09. The first kappa shape index (κ1) is 15.7. The van der Waals surface area contributed by atoms with Crippen LogP contribution in [0.1, 0.15) is 24.1 Å². The molecule has 2 fully saturated rings. The molecule has 24 heavy (non-hydrogen) atoms. The number of nitrogens with one attached hydrogen (secondary N) is 1. The molecule has 4 rings (SSSR count). The van der Waals surface area contributed by atoms with Crippen LogP contribution in [0, 0.1) is 0 Å². The molecule has 0 saturated carbocycles. The third kappa shape index (κ3) is 3.33. The van der Waals surface area contributed by atoms with E-state index in [1.54, 1.807) is 29.9 Å². The van der Waals surface area contributed by atoms with Crippen LogP contribution < -0.4 is 5.32 Å². The van der Waals surface area contributed by atoms with Gasteiger partial charge in [-0.25, -0.2) is 4.98 Å². The quantitative estimate of drug-likeness (QED) is 0.922. The highest BCUT2D eigenvalue weighted by Gasteiger charge is 2.41. The van der Waals surface area contributed by atoms with Crippen molar-refractivity contribution in [2.24, 2.45) is 0 Å². The van der Waals surface area contributed by atoms with Gasteiger partial charge in [0.15, 0.2) is 5.82 Å². The first-order valence-electron chi connectivity index (χ1n) is 8.28. The van der Waals surface area contributed by atoms with Gasteiger partial charge in [0.2, 0.25) is 0 Å². The molecule has 0 radical (unpaired) electrons. The van der Waals surface area contributed by atoms with Crippen LogP contribution in [-0.4, -0.2) is 45.6 Å². The van der Waals surface area contributed by atoms with Gasteiger partial charge in [-0.2, -0.15) is 0 Å². The molecule has 0 aliphatic carbocycles. The predicted octanol–water partition coefficient (Wildman–Crippen LogP) is 2.30. The molecule has 4 heterocycles. The van der Waals surface area contributed by atoms with E-state index in [-0.39, 0.29) is 12.0 Å². The van der Waals surface area contributed by atoms with Crippen molar-refractivity contribution in [1.29, 1.82) is 0 Å². The number of amides is 1. The van der Waals surface area contributed by atoms with Gasteiger partial charge in [-0.15, -0.1) is 11.3 Å². The van der Waals surface area contributed by atoms with Crippen LogP contribution in [0.15, 0.2) is 36.1 Å². The van der Waals surface area contributed by atoms with E-state index in [0.29, 0.717) is 11.9 Å². The average molecular weight is 344 g/mol. The molecule has 2 aromatic rings. The van der Waals surface area contributed by atoms with Crippen molar-refractivity contribution in [3.05, 3.63) is 41.0 Å². The molecule has 6 nitrogen and oxygen atoms in total. The maximum absolute atomic E-state index is 12.4. The van der Waals surface area contributed by atoms with Crippen LogP contribution in [0.4, 0.5) is 5.82 Å². The van der Waals surface area contributed by atoms with E-state index in [2.05, 4.69) is 37.7 Å². The molecule has 2 saturated heterocycles. The molecule has 0 bridgehead atoms. The zero-order valence-corrected chi connectivity index (χ0v) is 14.1. The summed E-state index contributed by atoms with van der Waals surface area (Å²) in [5.74, 6) is 0.352. The van der Waals surface area contributed by atoms with Gasteiger partial charge >= 0.3 is 0 Å². The second-order valence-corrected chi connectivity index (χ2v) is 7.26. The average Bonchev–Trinajstić information content (AvgIpc) is 3.26. The molecule has 2 aliphatic rings. The second-order valence-electron chi connectivity index (χ2n) is 6.23.